The Bertz CT molecular complexity index is 318. The van der Waals surface area contributed by atoms with Crippen LogP contribution in [0.25, 0.3) is 0 Å². The van der Waals surface area contributed by atoms with Gasteiger partial charge in [-0.15, -0.1) is 0 Å². The molecule has 0 bridgehead atoms. The quantitative estimate of drug-likeness (QED) is 0.649. The average molecular weight is 180 g/mol. The first-order valence-corrected chi connectivity index (χ1v) is 4.13. The van der Waals surface area contributed by atoms with Crippen molar-refractivity contribution in [1.29, 1.82) is 0 Å². The van der Waals surface area contributed by atoms with Crippen LogP contribution in [0.3, 0.4) is 0 Å². The summed E-state index contributed by atoms with van der Waals surface area (Å²) in [7, 11) is 0. The van der Waals surface area contributed by atoms with Gasteiger partial charge in [-0.1, -0.05) is 18.7 Å². The molecule has 0 unspecified atom stereocenters. The van der Waals surface area contributed by atoms with E-state index in [4.69, 9.17) is 4.74 Å². The molecule has 0 aliphatic heterocycles. The highest BCUT2D eigenvalue weighted by Crippen LogP contribution is 2.19. The summed E-state index contributed by atoms with van der Waals surface area (Å²) in [5, 5.41) is 0. The van der Waals surface area contributed by atoms with Gasteiger partial charge in [-0.05, 0) is 31.1 Å². The Labute approximate surface area is 77.8 Å². The second kappa shape index (κ2) is 4.08. The number of benzene rings is 1. The Morgan fingerprint density at radius 3 is 2.85 bits per heavy atom. The fourth-order valence-electron chi connectivity index (χ4n) is 0.933. The van der Waals surface area contributed by atoms with Gasteiger partial charge in [0.25, 0.3) is 0 Å². The van der Waals surface area contributed by atoms with Gasteiger partial charge in [0.15, 0.2) is 11.6 Å². The molecule has 0 saturated heterocycles. The van der Waals surface area contributed by atoms with Crippen LogP contribution in [-0.4, -0.2) is 6.61 Å². The van der Waals surface area contributed by atoms with E-state index in [1.807, 2.05) is 6.92 Å². The molecule has 2 heteroatoms. The van der Waals surface area contributed by atoms with Crippen molar-refractivity contribution < 1.29 is 9.13 Å². The molecule has 0 heterocycles. The summed E-state index contributed by atoms with van der Waals surface area (Å²) in [5.74, 6) is 0.00625. The van der Waals surface area contributed by atoms with Gasteiger partial charge >= 0.3 is 0 Å². The second-order valence-corrected chi connectivity index (χ2v) is 3.13. The zero-order valence-electron chi connectivity index (χ0n) is 7.93. The van der Waals surface area contributed by atoms with E-state index >= 15 is 0 Å². The minimum atomic E-state index is -0.288. The highest BCUT2D eigenvalue weighted by Gasteiger charge is 2.04. The van der Waals surface area contributed by atoms with E-state index in [1.54, 1.807) is 25.1 Å². The van der Waals surface area contributed by atoms with Crippen molar-refractivity contribution in [3.05, 3.63) is 41.7 Å². The number of ether oxygens (including phenoxy) is 1. The van der Waals surface area contributed by atoms with Gasteiger partial charge in [0.2, 0.25) is 0 Å². The fraction of sp³-hybridized carbons (Fsp3) is 0.273. The number of rotatable bonds is 3. The molecule has 0 aromatic heterocycles. The monoisotopic (exact) mass is 180 g/mol. The van der Waals surface area contributed by atoms with Crippen LogP contribution in [0.5, 0.6) is 5.75 Å². The third kappa shape index (κ3) is 2.58. The molecule has 0 atom stereocenters. The zero-order valence-corrected chi connectivity index (χ0v) is 7.93. The second-order valence-electron chi connectivity index (χ2n) is 3.13. The lowest BCUT2D eigenvalue weighted by Gasteiger charge is -2.07. The molecule has 1 aromatic carbocycles. The maximum atomic E-state index is 13.3. The molecule has 1 aromatic rings. The van der Waals surface area contributed by atoms with Crippen LogP contribution in [0.4, 0.5) is 4.39 Å². The van der Waals surface area contributed by atoms with E-state index in [9.17, 15) is 4.39 Å². The Hall–Kier alpha value is -1.31. The molecule has 0 N–H and O–H groups in total. The van der Waals surface area contributed by atoms with Gasteiger partial charge in [-0.25, -0.2) is 4.39 Å². The number of halogens is 1. The van der Waals surface area contributed by atoms with Crippen molar-refractivity contribution in [3.8, 4) is 5.75 Å². The molecule has 1 nitrogen and oxygen atoms in total. The predicted octanol–water partition coefficient (Wildman–Crippen LogP) is 3.09. The minimum absolute atomic E-state index is 0.288. The normalized spacial score (nSPS) is 9.77. The predicted molar refractivity (Wildman–Crippen MR) is 51.4 cm³/mol. The highest BCUT2D eigenvalue weighted by molar-refractivity contribution is 5.30. The summed E-state index contributed by atoms with van der Waals surface area (Å²) < 4.78 is 18.5. The lowest BCUT2D eigenvalue weighted by Crippen LogP contribution is -2.00. The summed E-state index contributed by atoms with van der Waals surface area (Å²) in [6.07, 6.45) is 0. The third-order valence-corrected chi connectivity index (χ3v) is 1.63. The Balaban J connectivity index is 2.77. The largest absolute Gasteiger partial charge is 0.486 e. The zero-order chi connectivity index (χ0) is 9.84. The van der Waals surface area contributed by atoms with Crippen molar-refractivity contribution >= 4 is 0 Å². The maximum absolute atomic E-state index is 13.3. The van der Waals surface area contributed by atoms with Crippen LogP contribution in [-0.2, 0) is 0 Å². The van der Waals surface area contributed by atoms with Crippen molar-refractivity contribution in [1.82, 2.24) is 0 Å². The molecule has 0 aliphatic carbocycles. The average Bonchev–Trinajstić information content (AvgIpc) is 2.07. The van der Waals surface area contributed by atoms with Gasteiger partial charge in [-0.2, -0.15) is 0 Å². The van der Waals surface area contributed by atoms with E-state index in [0.29, 0.717) is 17.9 Å². The van der Waals surface area contributed by atoms with E-state index in [2.05, 4.69) is 6.58 Å². The van der Waals surface area contributed by atoms with Crippen molar-refractivity contribution in [2.75, 3.05) is 6.61 Å². The van der Waals surface area contributed by atoms with Crippen LogP contribution < -0.4 is 4.74 Å². The molecule has 13 heavy (non-hydrogen) atoms. The van der Waals surface area contributed by atoms with Crippen LogP contribution in [0.15, 0.2) is 30.4 Å². The smallest absolute Gasteiger partial charge is 0.167 e. The van der Waals surface area contributed by atoms with E-state index in [1.165, 1.54) is 0 Å². The topological polar surface area (TPSA) is 9.23 Å². The molecule has 70 valence electrons. The molecular formula is C11H13FO. The summed E-state index contributed by atoms with van der Waals surface area (Å²) in [6, 6.07) is 5.10. The number of hydrogen-bond donors (Lipinski definition) is 0. The van der Waals surface area contributed by atoms with Crippen LogP contribution in [0.2, 0.25) is 0 Å². The van der Waals surface area contributed by atoms with Crippen molar-refractivity contribution in [2.45, 2.75) is 13.8 Å². The standard InChI is InChI=1S/C11H13FO/c1-8(2)7-13-10-6-4-5-9(3)11(10)12/h4-6H,1,7H2,2-3H3. The minimum Gasteiger partial charge on any atom is -0.486 e. The molecule has 0 radical (unpaired) electrons. The van der Waals surface area contributed by atoms with Crippen LogP contribution in [0, 0.1) is 12.7 Å². The van der Waals surface area contributed by atoms with Gasteiger partial charge < -0.3 is 4.74 Å². The summed E-state index contributed by atoms with van der Waals surface area (Å²) in [4.78, 5) is 0. The lowest BCUT2D eigenvalue weighted by atomic mass is 10.2. The molecule has 0 amide bonds. The van der Waals surface area contributed by atoms with E-state index in [0.717, 1.165) is 5.57 Å². The fourth-order valence-corrected chi connectivity index (χ4v) is 0.933. The summed E-state index contributed by atoms with van der Waals surface area (Å²) in [5.41, 5.74) is 1.47. The third-order valence-electron chi connectivity index (χ3n) is 1.63. The first-order chi connectivity index (χ1) is 6.11. The molecule has 0 spiro atoms. The number of aryl methyl sites for hydroxylation is 1. The van der Waals surface area contributed by atoms with Crippen LogP contribution >= 0.6 is 0 Å². The molecule has 0 saturated carbocycles. The van der Waals surface area contributed by atoms with Crippen molar-refractivity contribution in [3.63, 3.8) is 0 Å². The van der Waals surface area contributed by atoms with Crippen molar-refractivity contribution in [2.24, 2.45) is 0 Å². The Morgan fingerprint density at radius 2 is 2.23 bits per heavy atom. The molecule has 1 rings (SSSR count). The molecular weight excluding hydrogens is 167 g/mol. The highest BCUT2D eigenvalue weighted by atomic mass is 19.1. The molecule has 0 aliphatic rings. The maximum Gasteiger partial charge on any atom is 0.167 e. The molecule has 0 fully saturated rings. The summed E-state index contributed by atoms with van der Waals surface area (Å²) in [6.45, 7) is 7.59. The van der Waals surface area contributed by atoms with E-state index in [-0.39, 0.29) is 5.82 Å². The van der Waals surface area contributed by atoms with Gasteiger partial charge in [0, 0.05) is 0 Å². The van der Waals surface area contributed by atoms with Crippen LogP contribution in [0.1, 0.15) is 12.5 Å². The van der Waals surface area contributed by atoms with Gasteiger partial charge in [0.1, 0.15) is 6.61 Å². The van der Waals surface area contributed by atoms with Gasteiger partial charge in [-0.3, -0.25) is 0 Å². The Morgan fingerprint density at radius 1 is 1.54 bits per heavy atom. The number of hydrogen-bond acceptors (Lipinski definition) is 1. The lowest BCUT2D eigenvalue weighted by molar-refractivity contribution is 0.332. The Kier molecular flexibility index (Phi) is 3.07. The van der Waals surface area contributed by atoms with E-state index < -0.39 is 0 Å². The SMILES string of the molecule is C=C(C)COc1cccc(C)c1F. The first-order valence-electron chi connectivity index (χ1n) is 4.13. The van der Waals surface area contributed by atoms with Gasteiger partial charge in [0.05, 0.1) is 0 Å². The summed E-state index contributed by atoms with van der Waals surface area (Å²) >= 11 is 0. The first kappa shape index (κ1) is 9.78.